The van der Waals surface area contributed by atoms with E-state index in [0.29, 0.717) is 0 Å². The van der Waals surface area contributed by atoms with Crippen molar-refractivity contribution in [2.45, 2.75) is 77.7 Å². The third-order valence-corrected chi connectivity index (χ3v) is 5.45. The van der Waals surface area contributed by atoms with E-state index in [2.05, 4.69) is 24.1 Å². The first-order valence-corrected chi connectivity index (χ1v) is 9.27. The molecule has 1 N–H and O–H groups in total. The van der Waals surface area contributed by atoms with Gasteiger partial charge in [0.2, 0.25) is 0 Å². The van der Waals surface area contributed by atoms with Crippen molar-refractivity contribution in [2.24, 2.45) is 11.8 Å². The summed E-state index contributed by atoms with van der Waals surface area (Å²) >= 11 is 0. The van der Waals surface area contributed by atoms with Gasteiger partial charge in [0.05, 0.1) is 0 Å². The van der Waals surface area contributed by atoms with Gasteiger partial charge in [-0.05, 0) is 50.6 Å². The van der Waals surface area contributed by atoms with Crippen LogP contribution in [0, 0.1) is 11.8 Å². The largest absolute Gasteiger partial charge is 0.312 e. The number of nitrogens with one attached hydrogen (secondary N) is 1. The van der Waals surface area contributed by atoms with E-state index in [9.17, 15) is 0 Å². The Hall–Kier alpha value is -0.0800. The lowest BCUT2D eigenvalue weighted by molar-refractivity contribution is 0.136. The Morgan fingerprint density at radius 1 is 1.00 bits per heavy atom. The molecule has 20 heavy (non-hydrogen) atoms. The Morgan fingerprint density at radius 2 is 1.80 bits per heavy atom. The number of hydrogen-bond donors (Lipinski definition) is 1. The fourth-order valence-corrected chi connectivity index (χ4v) is 4.14. The highest BCUT2D eigenvalue weighted by molar-refractivity contribution is 4.84. The fraction of sp³-hybridized carbons (Fsp3) is 1.00. The number of unbranched alkanes of at least 4 members (excludes halogenated alkanes) is 1. The highest BCUT2D eigenvalue weighted by Gasteiger charge is 2.26. The molecule has 1 saturated heterocycles. The first-order chi connectivity index (χ1) is 9.81. The monoisotopic (exact) mass is 280 g/mol. The van der Waals surface area contributed by atoms with E-state index in [1.54, 1.807) is 0 Å². The van der Waals surface area contributed by atoms with Crippen LogP contribution >= 0.6 is 0 Å². The summed E-state index contributed by atoms with van der Waals surface area (Å²) in [7, 11) is 0. The van der Waals surface area contributed by atoms with Crippen LogP contribution in [0.5, 0.6) is 0 Å². The highest BCUT2D eigenvalue weighted by atomic mass is 15.2. The van der Waals surface area contributed by atoms with Crippen molar-refractivity contribution in [2.75, 3.05) is 26.2 Å². The lowest BCUT2D eigenvalue weighted by atomic mass is 9.87. The van der Waals surface area contributed by atoms with E-state index in [1.165, 1.54) is 84.0 Å². The van der Waals surface area contributed by atoms with Crippen LogP contribution in [0.1, 0.15) is 71.6 Å². The van der Waals surface area contributed by atoms with Crippen LogP contribution in [0.3, 0.4) is 0 Å². The van der Waals surface area contributed by atoms with E-state index in [0.717, 1.165) is 17.9 Å². The Morgan fingerprint density at radius 3 is 2.50 bits per heavy atom. The van der Waals surface area contributed by atoms with Crippen LogP contribution in [-0.4, -0.2) is 37.1 Å². The minimum atomic E-state index is 0.757. The van der Waals surface area contributed by atoms with Gasteiger partial charge in [-0.2, -0.15) is 0 Å². The van der Waals surface area contributed by atoms with E-state index in [1.807, 2.05) is 0 Å². The van der Waals surface area contributed by atoms with Crippen molar-refractivity contribution in [1.82, 2.24) is 10.2 Å². The van der Waals surface area contributed by atoms with Gasteiger partial charge >= 0.3 is 0 Å². The number of rotatable bonds is 7. The summed E-state index contributed by atoms with van der Waals surface area (Å²) in [5, 5.41) is 3.92. The van der Waals surface area contributed by atoms with Gasteiger partial charge in [0, 0.05) is 19.1 Å². The lowest BCUT2D eigenvalue weighted by Crippen LogP contribution is -2.50. The molecule has 1 aliphatic carbocycles. The van der Waals surface area contributed by atoms with E-state index in [-0.39, 0.29) is 0 Å². The van der Waals surface area contributed by atoms with Gasteiger partial charge in [0.15, 0.2) is 0 Å². The predicted octanol–water partition coefficient (Wildman–Crippen LogP) is 4.06. The first-order valence-electron chi connectivity index (χ1n) is 9.27. The molecule has 1 heterocycles. The molecule has 2 heteroatoms. The average molecular weight is 280 g/mol. The van der Waals surface area contributed by atoms with Crippen LogP contribution < -0.4 is 5.32 Å². The second kappa shape index (κ2) is 9.04. The third kappa shape index (κ3) is 5.37. The summed E-state index contributed by atoms with van der Waals surface area (Å²) in [4.78, 5) is 2.67. The molecule has 118 valence electrons. The molecular weight excluding hydrogens is 244 g/mol. The third-order valence-electron chi connectivity index (χ3n) is 5.45. The standard InChI is InChI=1S/C18H36N2/c1-3-5-9-17-12-18(15-20(4-2)14-17)19-13-16-10-7-6-8-11-16/h16-19H,3-15H2,1-2H3. The molecule has 0 aromatic heterocycles. The molecule has 0 bridgehead atoms. The zero-order chi connectivity index (χ0) is 14.2. The van der Waals surface area contributed by atoms with Crippen molar-refractivity contribution < 1.29 is 0 Å². The molecule has 0 aromatic rings. The van der Waals surface area contributed by atoms with E-state index in [4.69, 9.17) is 0 Å². The summed E-state index contributed by atoms with van der Waals surface area (Å²) in [5.41, 5.74) is 0. The van der Waals surface area contributed by atoms with Gasteiger partial charge in [0.1, 0.15) is 0 Å². The molecule has 2 rings (SSSR count). The van der Waals surface area contributed by atoms with Crippen molar-refractivity contribution >= 4 is 0 Å². The second-order valence-electron chi connectivity index (χ2n) is 7.21. The number of hydrogen-bond acceptors (Lipinski definition) is 2. The highest BCUT2D eigenvalue weighted by Crippen LogP contribution is 2.25. The van der Waals surface area contributed by atoms with Crippen molar-refractivity contribution in [3.63, 3.8) is 0 Å². The Balaban J connectivity index is 1.73. The van der Waals surface area contributed by atoms with E-state index >= 15 is 0 Å². The molecule has 2 fully saturated rings. The second-order valence-corrected chi connectivity index (χ2v) is 7.21. The Labute approximate surface area is 126 Å². The summed E-state index contributed by atoms with van der Waals surface area (Å²) < 4.78 is 0. The Bertz CT molecular complexity index is 248. The number of likely N-dealkylation sites (N-methyl/N-ethyl adjacent to an activating group) is 1. The molecule has 1 aliphatic heterocycles. The summed E-state index contributed by atoms with van der Waals surface area (Å²) in [6.45, 7) is 9.77. The molecular formula is C18H36N2. The Kier molecular flexibility index (Phi) is 7.37. The first kappa shape index (κ1) is 16.3. The van der Waals surface area contributed by atoms with Crippen LogP contribution in [0.2, 0.25) is 0 Å². The molecule has 0 radical (unpaired) electrons. The number of piperidine rings is 1. The maximum absolute atomic E-state index is 3.92. The summed E-state index contributed by atoms with van der Waals surface area (Å²) in [6.07, 6.45) is 13.0. The molecule has 2 atom stereocenters. The van der Waals surface area contributed by atoms with Gasteiger partial charge in [0.25, 0.3) is 0 Å². The molecule has 0 aromatic carbocycles. The number of likely N-dealkylation sites (tertiary alicyclic amines) is 1. The summed E-state index contributed by atoms with van der Waals surface area (Å²) in [6, 6.07) is 0.757. The van der Waals surface area contributed by atoms with Crippen LogP contribution in [0.4, 0.5) is 0 Å². The maximum atomic E-state index is 3.92. The molecule has 2 unspecified atom stereocenters. The van der Waals surface area contributed by atoms with Crippen molar-refractivity contribution in [1.29, 1.82) is 0 Å². The van der Waals surface area contributed by atoms with Crippen molar-refractivity contribution in [3.05, 3.63) is 0 Å². The maximum Gasteiger partial charge on any atom is 0.0198 e. The molecule has 0 spiro atoms. The molecule has 2 aliphatic rings. The molecule has 2 nitrogen and oxygen atoms in total. The quantitative estimate of drug-likeness (QED) is 0.756. The predicted molar refractivity (Wildman–Crippen MR) is 88.1 cm³/mol. The zero-order valence-electron chi connectivity index (χ0n) is 13.9. The van der Waals surface area contributed by atoms with Crippen LogP contribution in [0.15, 0.2) is 0 Å². The number of nitrogens with zero attached hydrogens (tertiary/aromatic N) is 1. The minimum absolute atomic E-state index is 0.757. The van der Waals surface area contributed by atoms with E-state index < -0.39 is 0 Å². The average Bonchev–Trinajstić information content (AvgIpc) is 2.51. The fourth-order valence-electron chi connectivity index (χ4n) is 4.14. The summed E-state index contributed by atoms with van der Waals surface area (Å²) in [5.74, 6) is 1.90. The normalized spacial score (nSPS) is 29.7. The van der Waals surface area contributed by atoms with Crippen molar-refractivity contribution in [3.8, 4) is 0 Å². The van der Waals surface area contributed by atoms with Crippen LogP contribution in [-0.2, 0) is 0 Å². The minimum Gasteiger partial charge on any atom is -0.312 e. The topological polar surface area (TPSA) is 15.3 Å². The van der Waals surface area contributed by atoms with Gasteiger partial charge in [-0.1, -0.05) is 46.0 Å². The van der Waals surface area contributed by atoms with Gasteiger partial charge in [-0.25, -0.2) is 0 Å². The van der Waals surface area contributed by atoms with Gasteiger partial charge < -0.3 is 10.2 Å². The zero-order valence-corrected chi connectivity index (χ0v) is 13.9. The molecule has 1 saturated carbocycles. The van der Waals surface area contributed by atoms with Gasteiger partial charge in [-0.3, -0.25) is 0 Å². The lowest BCUT2D eigenvalue weighted by Gasteiger charge is -2.38. The molecule has 0 amide bonds. The smallest absolute Gasteiger partial charge is 0.0198 e. The SMILES string of the molecule is CCCCC1CC(NCC2CCCCC2)CN(CC)C1. The van der Waals surface area contributed by atoms with Crippen LogP contribution in [0.25, 0.3) is 0 Å². The van der Waals surface area contributed by atoms with Gasteiger partial charge in [-0.15, -0.1) is 0 Å².